The van der Waals surface area contributed by atoms with Crippen molar-refractivity contribution < 1.29 is 19.2 Å². The Balaban J connectivity index is 1.77. The number of carbonyl (C=O) groups is 1. The van der Waals surface area contributed by atoms with Gasteiger partial charge in [0.1, 0.15) is 6.10 Å². The molecule has 0 radical (unpaired) electrons. The number of fused-ring (bicyclic) bond motifs is 1. The number of nitrogens with zero attached hydrogens (tertiary/aromatic N) is 1. The molecule has 0 spiro atoms. The van der Waals surface area contributed by atoms with Gasteiger partial charge in [0.2, 0.25) is 6.10 Å². The Kier molecular flexibility index (Phi) is 4.26. The van der Waals surface area contributed by atoms with Crippen LogP contribution in [0.1, 0.15) is 6.92 Å². The van der Waals surface area contributed by atoms with E-state index in [1.165, 1.54) is 18.2 Å². The average molecular weight is 349 g/mol. The molecule has 0 bridgehead atoms. The zero-order valence-corrected chi connectivity index (χ0v) is 13.3. The summed E-state index contributed by atoms with van der Waals surface area (Å²) < 4.78 is 11.4. The first-order valence-corrected chi connectivity index (χ1v) is 7.50. The third kappa shape index (κ3) is 3.11. The van der Waals surface area contributed by atoms with Crippen LogP contribution in [-0.4, -0.2) is 23.0 Å². The normalized spacial score (nSPS) is 18.8. The van der Waals surface area contributed by atoms with E-state index >= 15 is 0 Å². The fourth-order valence-electron chi connectivity index (χ4n) is 2.33. The van der Waals surface area contributed by atoms with Crippen molar-refractivity contribution in [1.29, 1.82) is 0 Å². The summed E-state index contributed by atoms with van der Waals surface area (Å²) in [6.07, 6.45) is -1.37. The zero-order chi connectivity index (χ0) is 17.3. The minimum Gasteiger partial charge on any atom is -0.482 e. The lowest BCUT2D eigenvalue weighted by Gasteiger charge is -2.31. The lowest BCUT2D eigenvalue weighted by molar-refractivity contribution is -0.384. The highest BCUT2D eigenvalue weighted by atomic mass is 35.5. The first kappa shape index (κ1) is 16.1. The van der Waals surface area contributed by atoms with Gasteiger partial charge < -0.3 is 14.8 Å². The number of halogens is 1. The standard InChI is InChI=1S/C16H13ClN2O5/c1-9-15(24-14-5-3-2-4-13(14)23-9)16(20)18-12-7-6-10(19(21)22)8-11(12)17/h2-9,15H,1H3,(H,18,20)/t9-,15+/m0/s1. The molecule has 1 N–H and O–H groups in total. The second kappa shape index (κ2) is 6.37. The van der Waals surface area contributed by atoms with Crippen LogP contribution in [0.3, 0.4) is 0 Å². The van der Waals surface area contributed by atoms with Gasteiger partial charge in [0.15, 0.2) is 11.5 Å². The van der Waals surface area contributed by atoms with Gasteiger partial charge >= 0.3 is 0 Å². The van der Waals surface area contributed by atoms with E-state index in [1.807, 2.05) is 6.07 Å². The first-order valence-electron chi connectivity index (χ1n) is 7.13. The Bertz CT molecular complexity index is 811. The molecule has 0 saturated carbocycles. The summed E-state index contributed by atoms with van der Waals surface area (Å²) in [7, 11) is 0. The Labute approximate surface area is 142 Å². The number of nitrogens with one attached hydrogen (secondary N) is 1. The molecule has 1 aliphatic heterocycles. The van der Waals surface area contributed by atoms with Crippen LogP contribution in [0.15, 0.2) is 42.5 Å². The van der Waals surface area contributed by atoms with E-state index in [1.54, 1.807) is 25.1 Å². The van der Waals surface area contributed by atoms with Gasteiger partial charge in [0, 0.05) is 12.1 Å². The number of nitro groups is 1. The third-order valence-electron chi connectivity index (χ3n) is 3.52. The number of rotatable bonds is 3. The molecule has 124 valence electrons. The predicted octanol–water partition coefficient (Wildman–Crippen LogP) is 3.42. The van der Waals surface area contributed by atoms with Gasteiger partial charge in [0.05, 0.1) is 15.6 Å². The molecule has 2 atom stereocenters. The van der Waals surface area contributed by atoms with Gasteiger partial charge in [-0.15, -0.1) is 0 Å². The number of carbonyl (C=O) groups excluding carboxylic acids is 1. The van der Waals surface area contributed by atoms with Crippen molar-refractivity contribution in [3.8, 4) is 11.5 Å². The SMILES string of the molecule is C[C@@H]1Oc2ccccc2O[C@H]1C(=O)Nc1ccc([N+](=O)[O-])cc1Cl. The maximum Gasteiger partial charge on any atom is 0.271 e. The average Bonchev–Trinajstić information content (AvgIpc) is 2.55. The molecular weight excluding hydrogens is 336 g/mol. The predicted molar refractivity (Wildman–Crippen MR) is 87.7 cm³/mol. The minimum atomic E-state index is -0.869. The molecule has 1 amide bonds. The number of para-hydroxylation sites is 2. The van der Waals surface area contributed by atoms with E-state index in [0.717, 1.165) is 0 Å². The van der Waals surface area contributed by atoms with Crippen molar-refractivity contribution >= 4 is 28.9 Å². The van der Waals surface area contributed by atoms with Crippen LogP contribution in [0.25, 0.3) is 0 Å². The van der Waals surface area contributed by atoms with Crippen molar-refractivity contribution in [3.63, 3.8) is 0 Å². The maximum atomic E-state index is 12.5. The smallest absolute Gasteiger partial charge is 0.271 e. The van der Waals surface area contributed by atoms with Crippen LogP contribution in [0.5, 0.6) is 11.5 Å². The largest absolute Gasteiger partial charge is 0.482 e. The lowest BCUT2D eigenvalue weighted by atomic mass is 10.1. The fraction of sp³-hybridized carbons (Fsp3) is 0.188. The zero-order valence-electron chi connectivity index (χ0n) is 12.6. The number of hydrogen-bond acceptors (Lipinski definition) is 5. The lowest BCUT2D eigenvalue weighted by Crippen LogP contribution is -2.46. The number of benzene rings is 2. The quantitative estimate of drug-likeness (QED) is 0.678. The van der Waals surface area contributed by atoms with E-state index in [4.69, 9.17) is 21.1 Å². The first-order chi connectivity index (χ1) is 11.5. The maximum absolute atomic E-state index is 12.5. The van der Waals surface area contributed by atoms with Gasteiger partial charge in [-0.1, -0.05) is 23.7 Å². The Morgan fingerprint density at radius 3 is 2.50 bits per heavy atom. The van der Waals surface area contributed by atoms with Crippen molar-refractivity contribution in [2.45, 2.75) is 19.1 Å². The number of non-ortho nitro benzene ring substituents is 1. The van der Waals surface area contributed by atoms with Gasteiger partial charge in [-0.3, -0.25) is 14.9 Å². The van der Waals surface area contributed by atoms with Gasteiger partial charge in [-0.05, 0) is 25.1 Å². The Hall–Kier alpha value is -2.80. The van der Waals surface area contributed by atoms with E-state index < -0.39 is 23.0 Å². The summed E-state index contributed by atoms with van der Waals surface area (Å²) in [6, 6.07) is 10.9. The van der Waals surface area contributed by atoms with Crippen molar-refractivity contribution in [2.24, 2.45) is 0 Å². The molecule has 2 aromatic carbocycles. The Morgan fingerprint density at radius 1 is 1.21 bits per heavy atom. The molecular formula is C16H13ClN2O5. The molecule has 2 aromatic rings. The van der Waals surface area contributed by atoms with Gasteiger partial charge in [-0.2, -0.15) is 0 Å². The summed E-state index contributed by atoms with van der Waals surface area (Å²) in [5.41, 5.74) is 0.111. The Morgan fingerprint density at radius 2 is 1.88 bits per heavy atom. The van der Waals surface area contributed by atoms with Crippen LogP contribution < -0.4 is 14.8 Å². The molecule has 1 aliphatic rings. The van der Waals surface area contributed by atoms with E-state index in [0.29, 0.717) is 11.5 Å². The second-order valence-electron chi connectivity index (χ2n) is 5.22. The van der Waals surface area contributed by atoms with Crippen molar-refractivity contribution in [2.75, 3.05) is 5.32 Å². The molecule has 7 nitrogen and oxygen atoms in total. The van der Waals surface area contributed by atoms with E-state index in [2.05, 4.69) is 5.32 Å². The third-order valence-corrected chi connectivity index (χ3v) is 3.83. The molecule has 24 heavy (non-hydrogen) atoms. The van der Waals surface area contributed by atoms with Crippen LogP contribution in [0.4, 0.5) is 11.4 Å². The summed E-state index contributed by atoms with van der Waals surface area (Å²) in [5, 5.41) is 13.4. The molecule has 0 aromatic heterocycles. The topological polar surface area (TPSA) is 90.7 Å². The van der Waals surface area contributed by atoms with E-state index in [9.17, 15) is 14.9 Å². The highest BCUT2D eigenvalue weighted by molar-refractivity contribution is 6.34. The summed E-state index contributed by atoms with van der Waals surface area (Å²) >= 11 is 5.98. The summed E-state index contributed by atoms with van der Waals surface area (Å²) in [6.45, 7) is 1.72. The van der Waals surface area contributed by atoms with Crippen molar-refractivity contribution in [1.82, 2.24) is 0 Å². The van der Waals surface area contributed by atoms with Crippen LogP contribution >= 0.6 is 11.6 Å². The summed E-state index contributed by atoms with van der Waals surface area (Å²) in [5.74, 6) is 0.598. The second-order valence-corrected chi connectivity index (χ2v) is 5.63. The van der Waals surface area contributed by atoms with E-state index in [-0.39, 0.29) is 16.4 Å². The van der Waals surface area contributed by atoms with Gasteiger partial charge in [0.25, 0.3) is 11.6 Å². The molecule has 0 fully saturated rings. The highest BCUT2D eigenvalue weighted by Gasteiger charge is 2.34. The van der Waals surface area contributed by atoms with Gasteiger partial charge in [-0.25, -0.2) is 0 Å². The fourth-order valence-corrected chi connectivity index (χ4v) is 2.55. The molecule has 0 aliphatic carbocycles. The number of anilines is 1. The molecule has 0 unspecified atom stereocenters. The number of nitro benzene ring substituents is 1. The van der Waals surface area contributed by atoms with Crippen molar-refractivity contribution in [3.05, 3.63) is 57.6 Å². The van der Waals surface area contributed by atoms with Crippen LogP contribution in [0.2, 0.25) is 5.02 Å². The molecule has 0 saturated heterocycles. The highest BCUT2D eigenvalue weighted by Crippen LogP contribution is 2.34. The van der Waals surface area contributed by atoms with Crippen LogP contribution in [-0.2, 0) is 4.79 Å². The number of ether oxygens (including phenoxy) is 2. The molecule has 8 heteroatoms. The number of amides is 1. The molecule has 3 rings (SSSR count). The summed E-state index contributed by atoms with van der Waals surface area (Å²) in [4.78, 5) is 22.6. The molecule has 1 heterocycles. The monoisotopic (exact) mass is 348 g/mol. The number of hydrogen-bond donors (Lipinski definition) is 1. The minimum absolute atomic E-state index is 0.0716. The van der Waals surface area contributed by atoms with Crippen LogP contribution in [0, 0.1) is 10.1 Å².